The van der Waals surface area contributed by atoms with Crippen LogP contribution in [0.3, 0.4) is 0 Å². The van der Waals surface area contributed by atoms with Crippen LogP contribution in [-0.2, 0) is 9.59 Å². The van der Waals surface area contributed by atoms with E-state index in [9.17, 15) is 22.8 Å². The minimum atomic E-state index is -4.72. The van der Waals surface area contributed by atoms with Crippen molar-refractivity contribution in [3.63, 3.8) is 0 Å². The lowest BCUT2D eigenvalue weighted by Crippen LogP contribution is -2.47. The summed E-state index contributed by atoms with van der Waals surface area (Å²) in [5, 5.41) is 12.9. The molecular weight excluding hydrogens is 269 g/mol. The maximum Gasteiger partial charge on any atom is 0.400 e. The quantitative estimate of drug-likeness (QED) is 0.207. The number of amidine groups is 1. The molecule has 0 radical (unpaired) electrons. The number of oxime groups is 1. The number of alkyl halides is 3. The molecule has 1 fully saturated rings. The molecule has 0 spiro atoms. The summed E-state index contributed by atoms with van der Waals surface area (Å²) >= 11 is 0. The lowest BCUT2D eigenvalue weighted by Gasteiger charge is -2.20. The lowest BCUT2D eigenvalue weighted by molar-refractivity contribution is -0.155. The minimum absolute atomic E-state index is 0.212. The molecule has 108 valence electrons. The number of likely N-dealkylation sites (N-methyl/N-ethyl adjacent to an activating group) is 1. The van der Waals surface area contributed by atoms with Crippen LogP contribution in [0.4, 0.5) is 13.2 Å². The largest absolute Gasteiger partial charge is 0.409 e. The number of likely N-dealkylation sites (tertiary alicyclic amines) is 1. The third kappa shape index (κ3) is 3.34. The van der Waals surface area contributed by atoms with Crippen molar-refractivity contribution in [2.45, 2.75) is 18.6 Å². The number of nitrogens with zero attached hydrogens (tertiary/aromatic N) is 2. The Balaban J connectivity index is 2.69. The van der Waals surface area contributed by atoms with Crippen LogP contribution >= 0.6 is 0 Å². The summed E-state index contributed by atoms with van der Waals surface area (Å²) in [6.07, 6.45) is -4.93. The molecule has 1 aliphatic heterocycles. The highest BCUT2D eigenvalue weighted by molar-refractivity contribution is 6.05. The summed E-state index contributed by atoms with van der Waals surface area (Å²) in [5.74, 6) is -4.32. The van der Waals surface area contributed by atoms with Crippen molar-refractivity contribution in [3.05, 3.63) is 0 Å². The van der Waals surface area contributed by atoms with Gasteiger partial charge in [0.05, 0.1) is 12.5 Å². The molecule has 1 saturated heterocycles. The molecule has 1 aliphatic rings. The summed E-state index contributed by atoms with van der Waals surface area (Å²) < 4.78 is 37.8. The smallest absolute Gasteiger partial charge is 0.400 e. The zero-order valence-corrected chi connectivity index (χ0v) is 9.94. The Morgan fingerprint density at radius 3 is 2.58 bits per heavy atom. The average molecular weight is 282 g/mol. The summed E-state index contributed by atoms with van der Waals surface area (Å²) in [4.78, 5) is 23.5. The van der Waals surface area contributed by atoms with E-state index in [0.29, 0.717) is 0 Å². The highest BCUT2D eigenvalue weighted by Crippen LogP contribution is 2.26. The maximum atomic E-state index is 12.6. The predicted molar refractivity (Wildman–Crippen MR) is 57.1 cm³/mol. The van der Waals surface area contributed by atoms with Gasteiger partial charge in [0.25, 0.3) is 0 Å². The molecule has 19 heavy (non-hydrogen) atoms. The highest BCUT2D eigenvalue weighted by atomic mass is 19.4. The molecule has 7 nitrogen and oxygen atoms in total. The molecule has 0 aromatic heterocycles. The number of hydrogen-bond donors (Lipinski definition) is 3. The van der Waals surface area contributed by atoms with Crippen LogP contribution in [0.2, 0.25) is 0 Å². The van der Waals surface area contributed by atoms with E-state index in [4.69, 9.17) is 10.9 Å². The first-order chi connectivity index (χ1) is 8.68. The van der Waals surface area contributed by atoms with E-state index in [1.54, 1.807) is 0 Å². The highest BCUT2D eigenvalue weighted by Gasteiger charge is 2.44. The molecule has 10 heteroatoms. The Morgan fingerprint density at radius 2 is 2.21 bits per heavy atom. The van der Waals surface area contributed by atoms with Crippen LogP contribution in [0.1, 0.15) is 6.42 Å². The van der Waals surface area contributed by atoms with E-state index in [1.165, 1.54) is 7.05 Å². The number of carbonyl (C=O) groups excluding carboxylic acids is 2. The Kier molecular flexibility index (Phi) is 4.35. The van der Waals surface area contributed by atoms with Gasteiger partial charge in [-0.15, -0.1) is 0 Å². The molecule has 4 N–H and O–H groups in total. The number of imide groups is 1. The van der Waals surface area contributed by atoms with Crippen molar-refractivity contribution in [3.8, 4) is 0 Å². The molecule has 0 saturated carbocycles. The van der Waals surface area contributed by atoms with Gasteiger partial charge < -0.3 is 16.3 Å². The molecule has 0 aromatic rings. The standard InChI is InChI=1S/C9H13F3N4O3/c1-16-6(17)2-5(8(16)18)14-3-4(7(13)15-19)9(10,11)12/h4-5,14,19H,2-3H2,1H3,(H2,13,15). The molecule has 0 aromatic carbocycles. The Hall–Kier alpha value is -1.84. The van der Waals surface area contributed by atoms with E-state index >= 15 is 0 Å². The molecule has 2 amide bonds. The Morgan fingerprint density at radius 1 is 1.63 bits per heavy atom. The van der Waals surface area contributed by atoms with Crippen molar-refractivity contribution >= 4 is 17.6 Å². The van der Waals surface area contributed by atoms with Gasteiger partial charge in [-0.25, -0.2) is 0 Å². The van der Waals surface area contributed by atoms with Gasteiger partial charge in [-0.05, 0) is 0 Å². The number of nitrogens with two attached hydrogens (primary N) is 1. The fourth-order valence-corrected chi connectivity index (χ4v) is 1.63. The molecule has 2 atom stereocenters. The second-order valence-corrected chi connectivity index (χ2v) is 4.08. The van der Waals surface area contributed by atoms with Gasteiger partial charge in [-0.3, -0.25) is 14.5 Å². The van der Waals surface area contributed by atoms with E-state index < -0.39 is 42.3 Å². The topological polar surface area (TPSA) is 108 Å². The van der Waals surface area contributed by atoms with Crippen molar-refractivity contribution in [1.82, 2.24) is 10.2 Å². The minimum Gasteiger partial charge on any atom is -0.409 e. The van der Waals surface area contributed by atoms with Gasteiger partial charge in [0, 0.05) is 13.6 Å². The Labute approximate surface area is 106 Å². The number of halogens is 3. The SMILES string of the molecule is CN1C(=O)CC(NCC(C(N)=NO)C(F)(F)F)C1=O. The van der Waals surface area contributed by atoms with E-state index in [0.717, 1.165) is 4.90 Å². The van der Waals surface area contributed by atoms with Gasteiger partial charge in [0.2, 0.25) is 11.8 Å². The van der Waals surface area contributed by atoms with Crippen LogP contribution in [0.5, 0.6) is 0 Å². The molecule has 1 heterocycles. The van der Waals surface area contributed by atoms with Gasteiger partial charge in [0.15, 0.2) is 5.84 Å². The van der Waals surface area contributed by atoms with Crippen LogP contribution in [0.15, 0.2) is 5.16 Å². The zero-order chi connectivity index (χ0) is 14.8. The average Bonchev–Trinajstić information content (AvgIpc) is 2.55. The number of amides is 2. The van der Waals surface area contributed by atoms with Gasteiger partial charge >= 0.3 is 6.18 Å². The zero-order valence-electron chi connectivity index (χ0n) is 9.94. The van der Waals surface area contributed by atoms with Gasteiger partial charge in [-0.1, -0.05) is 5.16 Å². The third-order valence-electron chi connectivity index (χ3n) is 2.82. The summed E-state index contributed by atoms with van der Waals surface area (Å²) in [6.45, 7) is -0.753. The number of nitrogens with one attached hydrogen (secondary N) is 1. The normalized spacial score (nSPS) is 23.1. The molecule has 2 unspecified atom stereocenters. The summed E-state index contributed by atoms with van der Waals surface area (Å²) in [7, 11) is 1.25. The molecule has 0 aliphatic carbocycles. The summed E-state index contributed by atoms with van der Waals surface area (Å²) in [6, 6.07) is -1.02. The molecule has 1 rings (SSSR count). The van der Waals surface area contributed by atoms with Crippen molar-refractivity contribution in [2.24, 2.45) is 16.8 Å². The second kappa shape index (κ2) is 5.43. The fourth-order valence-electron chi connectivity index (χ4n) is 1.63. The Bertz CT molecular complexity index is 410. The van der Waals surface area contributed by atoms with Crippen molar-refractivity contribution in [2.75, 3.05) is 13.6 Å². The van der Waals surface area contributed by atoms with E-state index in [-0.39, 0.29) is 6.42 Å². The predicted octanol–water partition coefficient (Wildman–Crippen LogP) is -0.742. The first kappa shape index (κ1) is 15.2. The van der Waals surface area contributed by atoms with Crippen LogP contribution in [0.25, 0.3) is 0 Å². The number of hydrogen-bond acceptors (Lipinski definition) is 5. The fraction of sp³-hybridized carbons (Fsp3) is 0.667. The number of rotatable bonds is 4. The molecular formula is C9H13F3N4O3. The van der Waals surface area contributed by atoms with Crippen LogP contribution < -0.4 is 11.1 Å². The first-order valence-corrected chi connectivity index (χ1v) is 5.26. The van der Waals surface area contributed by atoms with Crippen LogP contribution in [0, 0.1) is 5.92 Å². The first-order valence-electron chi connectivity index (χ1n) is 5.26. The number of carbonyl (C=O) groups is 2. The third-order valence-corrected chi connectivity index (χ3v) is 2.82. The van der Waals surface area contributed by atoms with Gasteiger partial charge in [-0.2, -0.15) is 13.2 Å². The lowest BCUT2D eigenvalue weighted by atomic mass is 10.1. The van der Waals surface area contributed by atoms with E-state index in [1.807, 2.05) is 0 Å². The van der Waals surface area contributed by atoms with Crippen molar-refractivity contribution < 1.29 is 28.0 Å². The van der Waals surface area contributed by atoms with Crippen molar-refractivity contribution in [1.29, 1.82) is 0 Å². The molecule has 0 bridgehead atoms. The van der Waals surface area contributed by atoms with Gasteiger partial charge in [0.1, 0.15) is 5.92 Å². The monoisotopic (exact) mass is 282 g/mol. The van der Waals surface area contributed by atoms with Crippen LogP contribution in [-0.4, -0.2) is 53.6 Å². The second-order valence-electron chi connectivity index (χ2n) is 4.08. The van der Waals surface area contributed by atoms with E-state index in [2.05, 4.69) is 10.5 Å². The maximum absolute atomic E-state index is 12.6. The summed E-state index contributed by atoms with van der Waals surface area (Å²) in [5.41, 5.74) is 4.96.